The van der Waals surface area contributed by atoms with Crippen molar-refractivity contribution in [2.45, 2.75) is 96.6 Å². The average molecular weight is 269 g/mol. The lowest BCUT2D eigenvalue weighted by Crippen LogP contribution is -2.46. The van der Waals surface area contributed by atoms with E-state index in [2.05, 4.69) is 26.1 Å². The molecule has 114 valence electrons. The van der Waals surface area contributed by atoms with Crippen LogP contribution >= 0.6 is 0 Å². The largest absolute Gasteiger partial charge is 0.389 e. The second kappa shape index (κ2) is 8.97. The summed E-state index contributed by atoms with van der Waals surface area (Å²) >= 11 is 0. The zero-order valence-corrected chi connectivity index (χ0v) is 13.4. The van der Waals surface area contributed by atoms with Gasteiger partial charge in [0, 0.05) is 12.6 Å². The monoisotopic (exact) mass is 269 g/mol. The normalized spacial score (nSPS) is 29.4. The molecule has 1 fully saturated rings. The number of aliphatic hydroxyl groups is 1. The Bertz CT molecular complexity index is 231. The van der Waals surface area contributed by atoms with E-state index in [4.69, 9.17) is 0 Å². The molecule has 0 aliphatic heterocycles. The Hall–Kier alpha value is -0.0800. The minimum absolute atomic E-state index is 0.436. The van der Waals surface area contributed by atoms with Gasteiger partial charge in [0.2, 0.25) is 0 Å². The number of rotatable bonds is 9. The number of unbranched alkanes of at least 4 members (excludes halogenated alkanes) is 4. The summed E-state index contributed by atoms with van der Waals surface area (Å²) in [5.74, 6) is 0.685. The van der Waals surface area contributed by atoms with Crippen molar-refractivity contribution in [3.8, 4) is 0 Å². The van der Waals surface area contributed by atoms with Crippen molar-refractivity contribution in [3.05, 3.63) is 0 Å². The third-order valence-electron chi connectivity index (χ3n) is 4.59. The van der Waals surface area contributed by atoms with Crippen molar-refractivity contribution in [2.24, 2.45) is 5.92 Å². The Labute approximate surface area is 120 Å². The molecular formula is C17H35NO. The molecule has 1 rings (SSSR count). The van der Waals surface area contributed by atoms with Crippen LogP contribution in [0.25, 0.3) is 0 Å². The van der Waals surface area contributed by atoms with Crippen LogP contribution in [0.1, 0.15) is 85.0 Å². The molecule has 19 heavy (non-hydrogen) atoms. The SMILES string of the molecule is CCCCCCCC(C)NCC1(O)CCCC(C)C1. The van der Waals surface area contributed by atoms with Crippen molar-refractivity contribution in [3.63, 3.8) is 0 Å². The Kier molecular flexibility index (Phi) is 8.01. The first-order chi connectivity index (χ1) is 9.06. The van der Waals surface area contributed by atoms with E-state index < -0.39 is 5.60 Å². The molecule has 2 heteroatoms. The molecule has 0 bridgehead atoms. The van der Waals surface area contributed by atoms with Crippen LogP contribution in [0.2, 0.25) is 0 Å². The van der Waals surface area contributed by atoms with E-state index in [1.165, 1.54) is 51.4 Å². The molecule has 0 aromatic heterocycles. The van der Waals surface area contributed by atoms with Crippen LogP contribution in [-0.2, 0) is 0 Å². The molecule has 0 radical (unpaired) electrons. The summed E-state index contributed by atoms with van der Waals surface area (Å²) in [4.78, 5) is 0. The highest BCUT2D eigenvalue weighted by Crippen LogP contribution is 2.31. The van der Waals surface area contributed by atoms with Crippen LogP contribution in [-0.4, -0.2) is 23.3 Å². The quantitative estimate of drug-likeness (QED) is 0.613. The summed E-state index contributed by atoms with van der Waals surface area (Å²) in [5, 5.41) is 14.1. The second-order valence-electron chi connectivity index (χ2n) is 6.91. The summed E-state index contributed by atoms with van der Waals surface area (Å²) in [5.41, 5.74) is -0.436. The van der Waals surface area contributed by atoms with Gasteiger partial charge in [0.05, 0.1) is 5.60 Å². The molecule has 2 N–H and O–H groups in total. The lowest BCUT2D eigenvalue weighted by Gasteiger charge is -2.36. The third-order valence-corrected chi connectivity index (χ3v) is 4.59. The summed E-state index contributed by atoms with van der Waals surface area (Å²) in [6.45, 7) is 7.57. The highest BCUT2D eigenvalue weighted by molar-refractivity contribution is 4.87. The number of nitrogens with one attached hydrogen (secondary N) is 1. The second-order valence-corrected chi connectivity index (χ2v) is 6.91. The molecule has 1 saturated carbocycles. The molecule has 0 saturated heterocycles. The van der Waals surface area contributed by atoms with E-state index in [0.717, 1.165) is 19.4 Å². The molecule has 2 nitrogen and oxygen atoms in total. The van der Waals surface area contributed by atoms with Crippen molar-refractivity contribution < 1.29 is 5.11 Å². The van der Waals surface area contributed by atoms with Gasteiger partial charge < -0.3 is 10.4 Å². The molecule has 3 atom stereocenters. The van der Waals surface area contributed by atoms with Gasteiger partial charge in [0.25, 0.3) is 0 Å². The first kappa shape index (κ1) is 17.0. The van der Waals surface area contributed by atoms with Gasteiger partial charge in [-0.05, 0) is 32.1 Å². The van der Waals surface area contributed by atoms with Crippen molar-refractivity contribution in [1.29, 1.82) is 0 Å². The lowest BCUT2D eigenvalue weighted by molar-refractivity contribution is -0.0135. The van der Waals surface area contributed by atoms with Gasteiger partial charge in [-0.3, -0.25) is 0 Å². The number of hydrogen-bond donors (Lipinski definition) is 2. The topological polar surface area (TPSA) is 32.3 Å². The number of hydrogen-bond acceptors (Lipinski definition) is 2. The summed E-state index contributed by atoms with van der Waals surface area (Å²) < 4.78 is 0. The van der Waals surface area contributed by atoms with Crippen LogP contribution in [0.5, 0.6) is 0 Å². The third kappa shape index (κ3) is 7.31. The van der Waals surface area contributed by atoms with E-state index in [1.807, 2.05) is 0 Å². The van der Waals surface area contributed by atoms with Crippen LogP contribution in [0, 0.1) is 5.92 Å². The van der Waals surface area contributed by atoms with E-state index in [1.54, 1.807) is 0 Å². The first-order valence-corrected chi connectivity index (χ1v) is 8.51. The molecule has 3 unspecified atom stereocenters. The zero-order chi connectivity index (χ0) is 14.1. The van der Waals surface area contributed by atoms with Crippen LogP contribution in [0.15, 0.2) is 0 Å². The van der Waals surface area contributed by atoms with E-state index >= 15 is 0 Å². The predicted molar refractivity (Wildman–Crippen MR) is 83.4 cm³/mol. The molecule has 0 aromatic rings. The minimum atomic E-state index is -0.436. The fourth-order valence-corrected chi connectivity index (χ4v) is 3.31. The van der Waals surface area contributed by atoms with E-state index in [-0.39, 0.29) is 0 Å². The fourth-order valence-electron chi connectivity index (χ4n) is 3.31. The molecule has 1 aliphatic rings. The van der Waals surface area contributed by atoms with Gasteiger partial charge in [-0.2, -0.15) is 0 Å². The highest BCUT2D eigenvalue weighted by Gasteiger charge is 2.32. The van der Waals surface area contributed by atoms with Gasteiger partial charge in [-0.15, -0.1) is 0 Å². The summed E-state index contributed by atoms with van der Waals surface area (Å²) in [7, 11) is 0. The molecular weight excluding hydrogens is 234 g/mol. The summed E-state index contributed by atoms with van der Waals surface area (Å²) in [6, 6.07) is 0.544. The molecule has 0 amide bonds. The zero-order valence-electron chi connectivity index (χ0n) is 13.4. The van der Waals surface area contributed by atoms with Crippen LogP contribution < -0.4 is 5.32 Å². The summed E-state index contributed by atoms with van der Waals surface area (Å²) in [6.07, 6.45) is 12.4. The molecule has 1 aliphatic carbocycles. The smallest absolute Gasteiger partial charge is 0.0774 e. The molecule has 0 spiro atoms. The van der Waals surface area contributed by atoms with E-state index in [0.29, 0.717) is 12.0 Å². The van der Waals surface area contributed by atoms with Crippen molar-refractivity contribution in [1.82, 2.24) is 5.32 Å². The van der Waals surface area contributed by atoms with Gasteiger partial charge >= 0.3 is 0 Å². The van der Waals surface area contributed by atoms with E-state index in [9.17, 15) is 5.11 Å². The maximum Gasteiger partial charge on any atom is 0.0774 e. The lowest BCUT2D eigenvalue weighted by atomic mass is 9.79. The van der Waals surface area contributed by atoms with Gasteiger partial charge in [0.15, 0.2) is 0 Å². The first-order valence-electron chi connectivity index (χ1n) is 8.51. The van der Waals surface area contributed by atoms with Crippen LogP contribution in [0.4, 0.5) is 0 Å². The Morgan fingerprint density at radius 3 is 2.68 bits per heavy atom. The molecule has 0 aromatic carbocycles. The Morgan fingerprint density at radius 1 is 1.26 bits per heavy atom. The Balaban J connectivity index is 2.10. The van der Waals surface area contributed by atoms with Crippen molar-refractivity contribution >= 4 is 0 Å². The predicted octanol–water partition coefficient (Wildman–Crippen LogP) is 4.27. The van der Waals surface area contributed by atoms with Crippen LogP contribution in [0.3, 0.4) is 0 Å². The van der Waals surface area contributed by atoms with Gasteiger partial charge in [-0.1, -0.05) is 58.8 Å². The van der Waals surface area contributed by atoms with Gasteiger partial charge in [0.1, 0.15) is 0 Å². The standard InChI is InChI=1S/C17H35NO/c1-4-5-6-7-8-11-16(3)18-14-17(19)12-9-10-15(2)13-17/h15-16,18-19H,4-14H2,1-3H3. The Morgan fingerprint density at radius 2 is 2.00 bits per heavy atom. The maximum atomic E-state index is 10.6. The average Bonchev–Trinajstić information content (AvgIpc) is 2.36. The molecule has 0 heterocycles. The minimum Gasteiger partial charge on any atom is -0.389 e. The fraction of sp³-hybridized carbons (Fsp3) is 1.00. The van der Waals surface area contributed by atoms with Crippen molar-refractivity contribution in [2.75, 3.05) is 6.54 Å². The maximum absolute atomic E-state index is 10.6. The highest BCUT2D eigenvalue weighted by atomic mass is 16.3. The van der Waals surface area contributed by atoms with Gasteiger partial charge in [-0.25, -0.2) is 0 Å².